The van der Waals surface area contributed by atoms with Gasteiger partial charge in [-0.25, -0.2) is 9.98 Å². The maximum atomic E-state index is 11.5. The van der Waals surface area contributed by atoms with Crippen LogP contribution in [-0.4, -0.2) is 43.6 Å². The van der Waals surface area contributed by atoms with Gasteiger partial charge in [0.15, 0.2) is 5.96 Å². The monoisotopic (exact) mass is 566 g/mol. The van der Waals surface area contributed by atoms with Gasteiger partial charge in [-0.15, -0.1) is 24.0 Å². The summed E-state index contributed by atoms with van der Waals surface area (Å²) in [6.07, 6.45) is 3.34. The number of nitrogens with one attached hydrogen (secondary N) is 2. The van der Waals surface area contributed by atoms with Crippen molar-refractivity contribution in [3.8, 4) is 5.75 Å². The molecule has 8 nitrogen and oxygen atoms in total. The summed E-state index contributed by atoms with van der Waals surface area (Å²) >= 11 is 0. The van der Waals surface area contributed by atoms with Crippen LogP contribution in [0.3, 0.4) is 0 Å². The number of aliphatic imine (C=N–C) groups is 1. The van der Waals surface area contributed by atoms with Crippen molar-refractivity contribution in [2.24, 2.45) is 16.6 Å². The molecule has 0 spiro atoms. The molecule has 0 saturated carbocycles. The number of rotatable bonds is 8. The predicted molar refractivity (Wildman–Crippen MR) is 143 cm³/mol. The number of nitrogens with zero attached hydrogens (tertiary/aromatic N) is 3. The Hall–Kier alpha value is -2.56. The molecular weight excluding hydrogens is 531 g/mol. The smallest absolute Gasteiger partial charge is 0.220 e. The molecule has 1 aromatic heterocycles. The van der Waals surface area contributed by atoms with E-state index in [1.807, 2.05) is 32.2 Å². The molecule has 0 atom stereocenters. The van der Waals surface area contributed by atoms with Crippen LogP contribution in [0.2, 0.25) is 0 Å². The molecule has 1 aliphatic rings. The Labute approximate surface area is 213 Å². The number of ether oxygens (including phenoxy) is 1. The molecule has 1 amide bonds. The summed E-state index contributed by atoms with van der Waals surface area (Å²) in [7, 11) is 1.68. The van der Waals surface area contributed by atoms with E-state index in [2.05, 4.69) is 38.7 Å². The van der Waals surface area contributed by atoms with Crippen LogP contribution in [0.4, 0.5) is 5.82 Å². The van der Waals surface area contributed by atoms with Crippen LogP contribution < -0.4 is 26.0 Å². The van der Waals surface area contributed by atoms with Crippen LogP contribution in [0.5, 0.6) is 5.75 Å². The molecule has 1 saturated heterocycles. The van der Waals surface area contributed by atoms with Gasteiger partial charge < -0.3 is 26.0 Å². The minimum absolute atomic E-state index is 0. The number of hydrogen-bond donors (Lipinski definition) is 3. The fourth-order valence-electron chi connectivity index (χ4n) is 3.90. The number of benzene rings is 1. The van der Waals surface area contributed by atoms with Crippen molar-refractivity contribution in [3.05, 3.63) is 53.2 Å². The maximum absolute atomic E-state index is 11.5. The van der Waals surface area contributed by atoms with Crippen LogP contribution in [0.15, 0.2) is 41.5 Å². The molecule has 0 aliphatic carbocycles. The molecule has 33 heavy (non-hydrogen) atoms. The second-order valence-electron chi connectivity index (χ2n) is 8.01. The van der Waals surface area contributed by atoms with Gasteiger partial charge >= 0.3 is 0 Å². The van der Waals surface area contributed by atoms with Gasteiger partial charge in [0.2, 0.25) is 5.91 Å². The number of methoxy groups -OCH3 is 1. The first kappa shape index (κ1) is 26.7. The predicted octanol–water partition coefficient (Wildman–Crippen LogP) is 2.97. The Bertz CT molecular complexity index is 944. The number of guanidine groups is 1. The lowest BCUT2D eigenvalue weighted by atomic mass is 9.96. The lowest BCUT2D eigenvalue weighted by molar-refractivity contribution is -0.122. The van der Waals surface area contributed by atoms with E-state index in [4.69, 9.17) is 15.5 Å². The van der Waals surface area contributed by atoms with Gasteiger partial charge in [0.05, 0.1) is 13.7 Å². The third kappa shape index (κ3) is 7.48. The van der Waals surface area contributed by atoms with Gasteiger partial charge in [-0.3, -0.25) is 4.79 Å². The Balaban J connectivity index is 0.00000385. The first-order chi connectivity index (χ1) is 15.5. The molecule has 2 heterocycles. The normalized spacial score (nSPS) is 14.4. The number of anilines is 1. The molecular formula is C24H35IN6O2. The van der Waals surface area contributed by atoms with Gasteiger partial charge in [0, 0.05) is 49.4 Å². The average molecular weight is 566 g/mol. The van der Waals surface area contributed by atoms with Crippen LogP contribution in [0, 0.1) is 12.8 Å². The molecule has 9 heteroatoms. The first-order valence-corrected chi connectivity index (χ1v) is 11.2. The number of halogens is 1. The van der Waals surface area contributed by atoms with Crippen LogP contribution in [-0.2, 0) is 17.9 Å². The zero-order valence-electron chi connectivity index (χ0n) is 19.6. The SMILES string of the molecule is CCNC(=NCc1ccc(C)cc1OC)NCc1cccnc1N1CCC(C(N)=O)CC1.I. The molecule has 4 N–H and O–H groups in total. The third-order valence-corrected chi connectivity index (χ3v) is 5.70. The summed E-state index contributed by atoms with van der Waals surface area (Å²) in [5.41, 5.74) is 8.76. The van der Waals surface area contributed by atoms with Crippen molar-refractivity contribution in [1.82, 2.24) is 15.6 Å². The highest BCUT2D eigenvalue weighted by atomic mass is 127. The Morgan fingerprint density at radius 1 is 1.24 bits per heavy atom. The molecule has 3 rings (SSSR count). The minimum atomic E-state index is -0.204. The van der Waals surface area contributed by atoms with Gasteiger partial charge in [0.25, 0.3) is 0 Å². The fraction of sp³-hybridized carbons (Fsp3) is 0.458. The lowest BCUT2D eigenvalue weighted by Crippen LogP contribution is -2.40. The van der Waals surface area contributed by atoms with E-state index in [0.717, 1.165) is 66.7 Å². The molecule has 180 valence electrons. The first-order valence-electron chi connectivity index (χ1n) is 11.2. The number of primary amides is 1. The number of hydrogen-bond acceptors (Lipinski definition) is 5. The highest BCUT2D eigenvalue weighted by Gasteiger charge is 2.25. The Morgan fingerprint density at radius 3 is 2.67 bits per heavy atom. The van der Waals surface area contributed by atoms with Gasteiger partial charge in [-0.1, -0.05) is 18.2 Å². The number of aromatic nitrogens is 1. The highest BCUT2D eigenvalue weighted by Crippen LogP contribution is 2.24. The number of aryl methyl sites for hydroxylation is 1. The number of pyridine rings is 1. The zero-order valence-corrected chi connectivity index (χ0v) is 22.0. The number of carbonyl (C=O) groups is 1. The van der Waals surface area contributed by atoms with E-state index in [1.165, 1.54) is 0 Å². The van der Waals surface area contributed by atoms with Crippen molar-refractivity contribution in [2.45, 2.75) is 39.8 Å². The molecule has 2 aromatic rings. The Morgan fingerprint density at radius 2 is 2.00 bits per heavy atom. The van der Waals surface area contributed by atoms with Gasteiger partial charge in [-0.2, -0.15) is 0 Å². The second-order valence-corrected chi connectivity index (χ2v) is 8.01. The van der Waals surface area contributed by atoms with Gasteiger partial charge in [0.1, 0.15) is 11.6 Å². The summed E-state index contributed by atoms with van der Waals surface area (Å²) in [6.45, 7) is 7.51. The molecule has 0 bridgehead atoms. The van der Waals surface area contributed by atoms with Crippen LogP contribution in [0.25, 0.3) is 0 Å². The van der Waals surface area contributed by atoms with E-state index in [-0.39, 0.29) is 35.8 Å². The van der Waals surface area contributed by atoms with Crippen LogP contribution >= 0.6 is 24.0 Å². The number of carbonyl (C=O) groups excluding carboxylic acids is 1. The fourth-order valence-corrected chi connectivity index (χ4v) is 3.90. The zero-order chi connectivity index (χ0) is 22.9. The molecule has 1 aliphatic heterocycles. The van der Waals surface area contributed by atoms with E-state index >= 15 is 0 Å². The number of piperidine rings is 1. The topological polar surface area (TPSA) is 105 Å². The van der Waals surface area contributed by atoms with Crippen molar-refractivity contribution in [2.75, 3.05) is 31.6 Å². The molecule has 0 radical (unpaired) electrons. The molecule has 0 unspecified atom stereocenters. The molecule has 1 aromatic carbocycles. The summed E-state index contributed by atoms with van der Waals surface area (Å²) in [5, 5.41) is 6.72. The third-order valence-electron chi connectivity index (χ3n) is 5.70. The average Bonchev–Trinajstić information content (AvgIpc) is 2.81. The number of nitrogens with two attached hydrogens (primary N) is 1. The lowest BCUT2D eigenvalue weighted by Gasteiger charge is -2.32. The molecule has 1 fully saturated rings. The van der Waals surface area contributed by atoms with Crippen molar-refractivity contribution >= 4 is 41.7 Å². The van der Waals surface area contributed by atoms with E-state index in [0.29, 0.717) is 13.1 Å². The largest absolute Gasteiger partial charge is 0.496 e. The van der Waals surface area contributed by atoms with Crippen molar-refractivity contribution < 1.29 is 9.53 Å². The Kier molecular flexibility index (Phi) is 10.7. The summed E-state index contributed by atoms with van der Waals surface area (Å²) in [4.78, 5) is 23.1. The van der Waals surface area contributed by atoms with E-state index in [9.17, 15) is 4.79 Å². The van der Waals surface area contributed by atoms with E-state index < -0.39 is 0 Å². The quantitative estimate of drug-likeness (QED) is 0.258. The van der Waals surface area contributed by atoms with Crippen LogP contribution in [0.1, 0.15) is 36.5 Å². The van der Waals surface area contributed by atoms with E-state index in [1.54, 1.807) is 7.11 Å². The second kappa shape index (κ2) is 13.2. The summed E-state index contributed by atoms with van der Waals surface area (Å²) in [6, 6.07) is 10.2. The van der Waals surface area contributed by atoms with Crippen molar-refractivity contribution in [3.63, 3.8) is 0 Å². The maximum Gasteiger partial charge on any atom is 0.220 e. The summed E-state index contributed by atoms with van der Waals surface area (Å²) in [5.74, 6) is 2.28. The van der Waals surface area contributed by atoms with Crippen molar-refractivity contribution in [1.29, 1.82) is 0 Å². The van der Waals surface area contributed by atoms with Gasteiger partial charge in [-0.05, 0) is 44.4 Å². The highest BCUT2D eigenvalue weighted by molar-refractivity contribution is 14.0. The summed E-state index contributed by atoms with van der Waals surface area (Å²) < 4.78 is 5.50. The minimum Gasteiger partial charge on any atom is -0.496 e. The standard InChI is InChI=1S/C24H34N6O2.HI/c1-4-26-24(28-15-19-8-7-17(2)14-21(19)32-3)29-16-20-6-5-11-27-23(20)30-12-9-18(10-13-30)22(25)31;/h5-8,11,14,18H,4,9-10,12-13,15-16H2,1-3H3,(H2,25,31)(H2,26,28,29);1H. The number of amides is 1.